The molecule has 20 heavy (non-hydrogen) atoms. The van der Waals surface area contributed by atoms with Crippen molar-refractivity contribution in [2.75, 3.05) is 11.9 Å². The van der Waals surface area contributed by atoms with Gasteiger partial charge in [-0.1, -0.05) is 24.4 Å². The molecule has 1 aromatic heterocycles. The van der Waals surface area contributed by atoms with Crippen molar-refractivity contribution in [3.8, 4) is 0 Å². The monoisotopic (exact) mass is 278 g/mol. The fraction of sp³-hybridized carbons (Fsp3) is 0.786. The number of rotatable bonds is 4. The fourth-order valence-electron chi connectivity index (χ4n) is 3.14. The van der Waals surface area contributed by atoms with E-state index in [0.29, 0.717) is 18.2 Å². The Balaban J connectivity index is 1.50. The lowest BCUT2D eigenvalue weighted by Crippen LogP contribution is -2.18. The third kappa shape index (κ3) is 3.36. The minimum atomic E-state index is -0.00789. The molecule has 0 bridgehead atoms. The zero-order valence-electron chi connectivity index (χ0n) is 11.7. The molecule has 1 aromatic rings. The Bertz CT molecular complexity index is 448. The van der Waals surface area contributed by atoms with Crippen molar-refractivity contribution in [1.82, 2.24) is 15.5 Å². The quantitative estimate of drug-likeness (QED) is 0.884. The lowest BCUT2D eigenvalue weighted by atomic mass is 9.87. The second-order valence-corrected chi connectivity index (χ2v) is 5.85. The summed E-state index contributed by atoms with van der Waals surface area (Å²) in [6, 6.07) is 0.376. The molecule has 0 spiro atoms. The largest absolute Gasteiger partial charge is 0.406 e. The van der Waals surface area contributed by atoms with Gasteiger partial charge in [0, 0.05) is 6.42 Å². The first-order valence-corrected chi connectivity index (χ1v) is 7.68. The predicted octanol–water partition coefficient (Wildman–Crippen LogP) is 2.40. The summed E-state index contributed by atoms with van der Waals surface area (Å²) in [4.78, 5) is 12.0. The molecular weight excluding hydrogens is 256 g/mol. The van der Waals surface area contributed by atoms with Crippen molar-refractivity contribution in [3.05, 3.63) is 5.89 Å². The highest BCUT2D eigenvalue weighted by atomic mass is 16.4. The zero-order chi connectivity index (χ0) is 13.8. The second kappa shape index (κ2) is 6.35. The van der Waals surface area contributed by atoms with Gasteiger partial charge >= 0.3 is 6.01 Å². The molecular formula is C14H22N4O2. The molecule has 1 aliphatic heterocycles. The van der Waals surface area contributed by atoms with E-state index in [4.69, 9.17) is 4.42 Å². The number of hydrogen-bond donors (Lipinski definition) is 2. The topological polar surface area (TPSA) is 80.0 Å². The Hall–Kier alpha value is -1.43. The first kappa shape index (κ1) is 13.5. The summed E-state index contributed by atoms with van der Waals surface area (Å²) >= 11 is 0. The van der Waals surface area contributed by atoms with E-state index in [0.717, 1.165) is 32.2 Å². The molecule has 0 radical (unpaired) electrons. The molecule has 6 nitrogen and oxygen atoms in total. The van der Waals surface area contributed by atoms with Crippen molar-refractivity contribution in [3.63, 3.8) is 0 Å². The molecule has 1 saturated carbocycles. The van der Waals surface area contributed by atoms with Gasteiger partial charge in [-0.2, -0.15) is 0 Å². The molecule has 1 atom stereocenters. The first-order valence-electron chi connectivity index (χ1n) is 7.68. The van der Waals surface area contributed by atoms with E-state index >= 15 is 0 Å². The third-order valence-corrected chi connectivity index (χ3v) is 4.24. The van der Waals surface area contributed by atoms with Crippen LogP contribution >= 0.6 is 0 Å². The molecule has 6 heteroatoms. The van der Waals surface area contributed by atoms with Gasteiger partial charge in [-0.3, -0.25) is 10.1 Å². The summed E-state index contributed by atoms with van der Waals surface area (Å²) in [6.45, 7) is 0.983. The molecule has 2 aliphatic rings. The van der Waals surface area contributed by atoms with Gasteiger partial charge < -0.3 is 9.73 Å². The maximum absolute atomic E-state index is 12.0. The van der Waals surface area contributed by atoms with Crippen molar-refractivity contribution in [2.45, 2.75) is 57.4 Å². The van der Waals surface area contributed by atoms with E-state index in [1.165, 1.54) is 19.3 Å². The molecule has 1 aliphatic carbocycles. The predicted molar refractivity (Wildman–Crippen MR) is 74.1 cm³/mol. The highest BCUT2D eigenvalue weighted by Crippen LogP contribution is 2.27. The number of aromatic nitrogens is 2. The molecule has 1 amide bonds. The van der Waals surface area contributed by atoms with Gasteiger partial charge in [0.2, 0.25) is 11.8 Å². The van der Waals surface area contributed by atoms with Gasteiger partial charge in [0.15, 0.2) is 0 Å². The van der Waals surface area contributed by atoms with Crippen LogP contribution in [0.2, 0.25) is 0 Å². The van der Waals surface area contributed by atoms with Crippen LogP contribution in [0, 0.1) is 5.92 Å². The molecule has 0 aromatic carbocycles. The van der Waals surface area contributed by atoms with E-state index in [9.17, 15) is 4.79 Å². The normalized spacial score (nSPS) is 23.9. The Kier molecular flexibility index (Phi) is 4.30. The third-order valence-electron chi connectivity index (χ3n) is 4.24. The van der Waals surface area contributed by atoms with Crippen LogP contribution in [0.15, 0.2) is 4.42 Å². The average Bonchev–Trinajstić information content (AvgIpc) is 3.10. The Morgan fingerprint density at radius 2 is 2.05 bits per heavy atom. The molecule has 1 unspecified atom stereocenters. The smallest absolute Gasteiger partial charge is 0.322 e. The second-order valence-electron chi connectivity index (χ2n) is 5.85. The average molecular weight is 278 g/mol. The van der Waals surface area contributed by atoms with Crippen LogP contribution in [-0.2, 0) is 4.79 Å². The van der Waals surface area contributed by atoms with E-state index in [1.807, 2.05) is 0 Å². The summed E-state index contributed by atoms with van der Waals surface area (Å²) in [5.41, 5.74) is 0. The lowest BCUT2D eigenvalue weighted by Gasteiger charge is -2.20. The van der Waals surface area contributed by atoms with Gasteiger partial charge in [0.05, 0.1) is 6.04 Å². The number of nitrogens with zero attached hydrogens (tertiary/aromatic N) is 2. The van der Waals surface area contributed by atoms with Gasteiger partial charge in [-0.15, -0.1) is 5.10 Å². The number of hydrogen-bond acceptors (Lipinski definition) is 5. The SMILES string of the molecule is O=C(CC1CCCCC1)Nc1nnc(C2CCCN2)o1. The highest BCUT2D eigenvalue weighted by Gasteiger charge is 2.23. The Morgan fingerprint density at radius 1 is 1.20 bits per heavy atom. The minimum Gasteiger partial charge on any atom is -0.406 e. The number of carbonyl (C=O) groups is 1. The van der Waals surface area contributed by atoms with Crippen LogP contribution < -0.4 is 10.6 Å². The van der Waals surface area contributed by atoms with Gasteiger partial charge in [0.25, 0.3) is 0 Å². The van der Waals surface area contributed by atoms with Gasteiger partial charge in [0.1, 0.15) is 0 Å². The van der Waals surface area contributed by atoms with E-state index < -0.39 is 0 Å². The van der Waals surface area contributed by atoms with Crippen LogP contribution in [0.1, 0.15) is 63.3 Å². The number of carbonyl (C=O) groups excluding carboxylic acids is 1. The van der Waals surface area contributed by atoms with Crippen LogP contribution in [-0.4, -0.2) is 22.6 Å². The summed E-state index contributed by atoms with van der Waals surface area (Å²) in [7, 11) is 0. The zero-order valence-corrected chi connectivity index (χ0v) is 11.7. The summed E-state index contributed by atoms with van der Waals surface area (Å²) < 4.78 is 5.51. The minimum absolute atomic E-state index is 0.00789. The summed E-state index contributed by atoms with van der Waals surface area (Å²) in [5, 5.41) is 13.9. The van der Waals surface area contributed by atoms with Crippen molar-refractivity contribution in [1.29, 1.82) is 0 Å². The molecule has 3 rings (SSSR count). The van der Waals surface area contributed by atoms with Crippen molar-refractivity contribution < 1.29 is 9.21 Å². The molecule has 2 N–H and O–H groups in total. The molecule has 2 fully saturated rings. The first-order chi connectivity index (χ1) is 9.81. The highest BCUT2D eigenvalue weighted by molar-refractivity contribution is 5.88. The maximum atomic E-state index is 12.0. The van der Waals surface area contributed by atoms with Gasteiger partial charge in [-0.25, -0.2) is 0 Å². The maximum Gasteiger partial charge on any atom is 0.322 e. The number of nitrogens with one attached hydrogen (secondary N) is 2. The Morgan fingerprint density at radius 3 is 2.80 bits per heavy atom. The van der Waals surface area contributed by atoms with E-state index in [-0.39, 0.29) is 18.0 Å². The van der Waals surface area contributed by atoms with Crippen LogP contribution in [0.3, 0.4) is 0 Å². The molecule has 1 saturated heterocycles. The number of anilines is 1. The molecule has 2 heterocycles. The van der Waals surface area contributed by atoms with Gasteiger partial charge in [-0.05, 0) is 38.1 Å². The molecule has 110 valence electrons. The summed E-state index contributed by atoms with van der Waals surface area (Å²) in [5.74, 6) is 1.09. The van der Waals surface area contributed by atoms with Crippen molar-refractivity contribution in [2.24, 2.45) is 5.92 Å². The van der Waals surface area contributed by atoms with Crippen LogP contribution in [0.5, 0.6) is 0 Å². The van der Waals surface area contributed by atoms with Crippen LogP contribution in [0.4, 0.5) is 6.01 Å². The van der Waals surface area contributed by atoms with Crippen molar-refractivity contribution >= 4 is 11.9 Å². The van der Waals surface area contributed by atoms with E-state index in [1.54, 1.807) is 0 Å². The Labute approximate surface area is 118 Å². The number of amides is 1. The summed E-state index contributed by atoms with van der Waals surface area (Å²) in [6.07, 6.45) is 8.82. The fourth-order valence-corrected chi connectivity index (χ4v) is 3.14. The lowest BCUT2D eigenvalue weighted by molar-refractivity contribution is -0.117. The van der Waals surface area contributed by atoms with E-state index in [2.05, 4.69) is 20.8 Å². The van der Waals surface area contributed by atoms with Crippen LogP contribution in [0.25, 0.3) is 0 Å². The standard InChI is InChI=1S/C14H22N4O2/c19-12(9-10-5-2-1-3-6-10)16-14-18-17-13(20-14)11-7-4-8-15-11/h10-11,15H,1-9H2,(H,16,18,19).